The fourth-order valence-electron chi connectivity index (χ4n) is 4.05. The van der Waals surface area contributed by atoms with Crippen molar-refractivity contribution in [3.8, 4) is 16.9 Å². The molecule has 0 aliphatic rings. The van der Waals surface area contributed by atoms with Crippen LogP contribution < -0.4 is 5.32 Å². The molecule has 3 heterocycles. The van der Waals surface area contributed by atoms with Crippen molar-refractivity contribution in [3.05, 3.63) is 78.1 Å². The van der Waals surface area contributed by atoms with Gasteiger partial charge in [-0.2, -0.15) is 5.10 Å². The standard InChI is InChI=1S/C24H21N5O/c1-15-7-4-5-10-20(15)29-21(16-8-6-9-17(11-16)24(30)25-2)12-19-22-18(13-26-23(19)29)14-27-28(22)3/h4-14H,1-3H3,(H,25,30). The van der Waals surface area contributed by atoms with E-state index in [0.29, 0.717) is 5.56 Å². The predicted molar refractivity (Wildman–Crippen MR) is 119 cm³/mol. The molecule has 0 fully saturated rings. The van der Waals surface area contributed by atoms with E-state index in [1.807, 2.05) is 60.5 Å². The molecule has 6 nitrogen and oxygen atoms in total. The molecule has 30 heavy (non-hydrogen) atoms. The van der Waals surface area contributed by atoms with Crippen LogP contribution in [-0.4, -0.2) is 32.3 Å². The van der Waals surface area contributed by atoms with Crippen LogP contribution in [0.15, 0.2) is 67.0 Å². The Morgan fingerprint density at radius 3 is 2.67 bits per heavy atom. The lowest BCUT2D eigenvalue weighted by Gasteiger charge is -2.14. The largest absolute Gasteiger partial charge is 0.355 e. The van der Waals surface area contributed by atoms with Crippen LogP contribution in [0.4, 0.5) is 0 Å². The first-order valence-corrected chi connectivity index (χ1v) is 9.79. The van der Waals surface area contributed by atoms with Gasteiger partial charge in [-0.25, -0.2) is 4.98 Å². The molecule has 5 aromatic rings. The summed E-state index contributed by atoms with van der Waals surface area (Å²) in [7, 11) is 3.58. The lowest BCUT2D eigenvalue weighted by Crippen LogP contribution is -2.17. The maximum atomic E-state index is 12.2. The van der Waals surface area contributed by atoms with E-state index in [4.69, 9.17) is 4.98 Å². The summed E-state index contributed by atoms with van der Waals surface area (Å²) in [6.07, 6.45) is 3.70. The highest BCUT2D eigenvalue weighted by atomic mass is 16.1. The molecule has 3 aromatic heterocycles. The number of nitrogens with zero attached hydrogens (tertiary/aromatic N) is 4. The van der Waals surface area contributed by atoms with Crippen molar-refractivity contribution in [1.29, 1.82) is 0 Å². The summed E-state index contributed by atoms with van der Waals surface area (Å²) in [4.78, 5) is 17.0. The summed E-state index contributed by atoms with van der Waals surface area (Å²) in [5.41, 5.74) is 6.65. The molecule has 0 spiro atoms. The minimum atomic E-state index is -0.109. The van der Waals surface area contributed by atoms with E-state index in [1.165, 1.54) is 0 Å². The summed E-state index contributed by atoms with van der Waals surface area (Å²) in [5, 5.41) is 9.13. The van der Waals surface area contributed by atoms with Crippen molar-refractivity contribution >= 4 is 27.8 Å². The third kappa shape index (κ3) is 2.69. The van der Waals surface area contributed by atoms with Crippen LogP contribution >= 0.6 is 0 Å². The number of aromatic nitrogens is 4. The molecule has 1 amide bonds. The second kappa shape index (κ2) is 6.84. The molecule has 6 heteroatoms. The van der Waals surface area contributed by atoms with E-state index < -0.39 is 0 Å². The molecule has 0 saturated heterocycles. The molecule has 1 N–H and O–H groups in total. The molecule has 0 aliphatic heterocycles. The number of rotatable bonds is 3. The molecule has 5 rings (SSSR count). The minimum Gasteiger partial charge on any atom is -0.355 e. The Kier molecular flexibility index (Phi) is 4.13. The molecule has 0 atom stereocenters. The van der Waals surface area contributed by atoms with Gasteiger partial charge in [0.15, 0.2) is 0 Å². The van der Waals surface area contributed by atoms with Crippen LogP contribution in [-0.2, 0) is 7.05 Å². The molecule has 148 valence electrons. The Balaban J connectivity index is 1.89. The van der Waals surface area contributed by atoms with E-state index in [1.54, 1.807) is 7.05 Å². The van der Waals surface area contributed by atoms with Gasteiger partial charge in [0.1, 0.15) is 5.65 Å². The number of hydrogen-bond donors (Lipinski definition) is 1. The Morgan fingerprint density at radius 2 is 1.87 bits per heavy atom. The van der Waals surface area contributed by atoms with Gasteiger partial charge in [0.25, 0.3) is 5.91 Å². The predicted octanol–water partition coefficient (Wildman–Crippen LogP) is 4.25. The van der Waals surface area contributed by atoms with Crippen molar-refractivity contribution in [2.24, 2.45) is 7.05 Å². The lowest BCUT2D eigenvalue weighted by molar-refractivity contribution is 0.0963. The third-order valence-corrected chi connectivity index (χ3v) is 5.53. The summed E-state index contributed by atoms with van der Waals surface area (Å²) in [5.74, 6) is -0.109. The number of hydrogen-bond acceptors (Lipinski definition) is 3. The highest BCUT2D eigenvalue weighted by molar-refractivity contribution is 6.05. The van der Waals surface area contributed by atoms with Crippen LogP contribution in [0.3, 0.4) is 0 Å². The zero-order chi connectivity index (χ0) is 20.8. The Morgan fingerprint density at radius 1 is 1.03 bits per heavy atom. The molecular weight excluding hydrogens is 374 g/mol. The average molecular weight is 395 g/mol. The molecule has 0 bridgehead atoms. The van der Waals surface area contributed by atoms with Crippen molar-refractivity contribution in [3.63, 3.8) is 0 Å². The van der Waals surface area contributed by atoms with Crippen LogP contribution in [0.1, 0.15) is 15.9 Å². The lowest BCUT2D eigenvalue weighted by atomic mass is 10.1. The normalized spacial score (nSPS) is 11.3. The number of pyridine rings is 1. The number of benzene rings is 2. The smallest absolute Gasteiger partial charge is 0.251 e. The molecule has 0 saturated carbocycles. The van der Waals surface area contributed by atoms with Gasteiger partial charge in [-0.1, -0.05) is 30.3 Å². The topological polar surface area (TPSA) is 64.7 Å². The molecule has 2 aromatic carbocycles. The van der Waals surface area contributed by atoms with Gasteiger partial charge in [-0.3, -0.25) is 14.0 Å². The Labute approximate surface area is 173 Å². The van der Waals surface area contributed by atoms with Crippen molar-refractivity contribution < 1.29 is 4.79 Å². The fourth-order valence-corrected chi connectivity index (χ4v) is 4.05. The van der Waals surface area contributed by atoms with Gasteiger partial charge in [-0.15, -0.1) is 0 Å². The van der Waals surface area contributed by atoms with E-state index in [-0.39, 0.29) is 5.91 Å². The third-order valence-electron chi connectivity index (χ3n) is 5.53. The zero-order valence-corrected chi connectivity index (χ0v) is 17.0. The Hall–Kier alpha value is -3.93. The van der Waals surface area contributed by atoms with E-state index in [9.17, 15) is 4.79 Å². The fraction of sp³-hybridized carbons (Fsp3) is 0.125. The van der Waals surface area contributed by atoms with Gasteiger partial charge in [0.2, 0.25) is 0 Å². The van der Waals surface area contributed by atoms with Gasteiger partial charge >= 0.3 is 0 Å². The maximum Gasteiger partial charge on any atom is 0.251 e. The van der Waals surface area contributed by atoms with Crippen LogP contribution in [0.5, 0.6) is 0 Å². The number of carbonyl (C=O) groups is 1. The monoisotopic (exact) mass is 395 g/mol. The first-order valence-electron chi connectivity index (χ1n) is 9.79. The second-order valence-corrected chi connectivity index (χ2v) is 7.38. The van der Waals surface area contributed by atoms with Gasteiger partial charge < -0.3 is 5.32 Å². The summed E-state index contributed by atoms with van der Waals surface area (Å²) in [6, 6.07) is 18.1. The molecule has 0 radical (unpaired) electrons. The quantitative estimate of drug-likeness (QED) is 0.497. The Bertz CT molecular complexity index is 1430. The number of carbonyl (C=O) groups excluding carboxylic acids is 1. The highest BCUT2D eigenvalue weighted by Gasteiger charge is 2.19. The first kappa shape index (κ1) is 18.1. The van der Waals surface area contributed by atoms with E-state index in [2.05, 4.69) is 40.1 Å². The van der Waals surface area contributed by atoms with Gasteiger partial charge in [0, 0.05) is 36.6 Å². The number of para-hydroxylation sites is 1. The van der Waals surface area contributed by atoms with Crippen molar-refractivity contribution in [1.82, 2.24) is 24.6 Å². The molecule has 0 aliphatic carbocycles. The minimum absolute atomic E-state index is 0.109. The number of fused-ring (bicyclic) bond motifs is 3. The average Bonchev–Trinajstić information content (AvgIpc) is 3.34. The van der Waals surface area contributed by atoms with E-state index >= 15 is 0 Å². The van der Waals surface area contributed by atoms with Crippen LogP contribution in [0.2, 0.25) is 0 Å². The van der Waals surface area contributed by atoms with Gasteiger partial charge in [-0.05, 0) is 42.3 Å². The first-order chi connectivity index (χ1) is 14.6. The van der Waals surface area contributed by atoms with Crippen LogP contribution in [0.25, 0.3) is 38.9 Å². The van der Waals surface area contributed by atoms with Crippen molar-refractivity contribution in [2.75, 3.05) is 7.05 Å². The van der Waals surface area contributed by atoms with Gasteiger partial charge in [0.05, 0.1) is 23.1 Å². The second-order valence-electron chi connectivity index (χ2n) is 7.38. The van der Waals surface area contributed by atoms with Crippen molar-refractivity contribution in [2.45, 2.75) is 6.92 Å². The SMILES string of the molecule is CNC(=O)c1cccc(-c2cc3c4c(cnc3n2-c2ccccc2C)cnn4C)c1. The number of aryl methyl sites for hydroxylation is 2. The summed E-state index contributed by atoms with van der Waals surface area (Å²) in [6.45, 7) is 2.09. The molecule has 0 unspecified atom stereocenters. The van der Waals surface area contributed by atoms with Crippen LogP contribution in [0, 0.1) is 6.92 Å². The molecular formula is C24H21N5O. The maximum absolute atomic E-state index is 12.2. The zero-order valence-electron chi connectivity index (χ0n) is 17.0. The van der Waals surface area contributed by atoms with E-state index in [0.717, 1.165) is 44.4 Å². The summed E-state index contributed by atoms with van der Waals surface area (Å²) < 4.78 is 4.05. The summed E-state index contributed by atoms with van der Waals surface area (Å²) >= 11 is 0. The number of nitrogens with one attached hydrogen (secondary N) is 1. The highest BCUT2D eigenvalue weighted by Crippen LogP contribution is 2.35. The number of amides is 1.